The lowest BCUT2D eigenvalue weighted by molar-refractivity contribution is -0.125. The van der Waals surface area contributed by atoms with E-state index in [0.29, 0.717) is 0 Å². The number of aliphatic hydroxyl groups excluding tert-OH is 1. The van der Waals surface area contributed by atoms with Crippen molar-refractivity contribution in [2.24, 2.45) is 0 Å². The molecule has 1 heterocycles. The van der Waals surface area contributed by atoms with Crippen LogP contribution in [0.1, 0.15) is 43.5 Å². The van der Waals surface area contributed by atoms with Crippen LogP contribution in [0.4, 0.5) is 0 Å². The predicted molar refractivity (Wildman–Crippen MR) is 72.7 cm³/mol. The number of rotatable bonds is 4. The minimum atomic E-state index is -0.411. The molecular formula is C14H23N3O2. The fourth-order valence-electron chi connectivity index (χ4n) is 2.86. The molecule has 0 aromatic carbocycles. The first-order valence-electron chi connectivity index (χ1n) is 6.98. The van der Waals surface area contributed by atoms with Crippen molar-refractivity contribution in [2.75, 3.05) is 6.61 Å². The number of nitrogens with zero attached hydrogens (tertiary/aromatic N) is 2. The lowest BCUT2D eigenvalue weighted by Gasteiger charge is -2.36. The molecule has 0 atom stereocenters. The second-order valence-corrected chi connectivity index (χ2v) is 5.63. The van der Waals surface area contributed by atoms with E-state index in [4.69, 9.17) is 0 Å². The van der Waals surface area contributed by atoms with E-state index in [-0.39, 0.29) is 19.1 Å². The third-order valence-corrected chi connectivity index (χ3v) is 3.91. The SMILES string of the molecule is Cc1cc(C)n(CC(=O)NC2(CO)CCCCC2)n1. The minimum Gasteiger partial charge on any atom is -0.394 e. The topological polar surface area (TPSA) is 67.2 Å². The number of aliphatic hydroxyl groups is 1. The molecule has 1 aliphatic rings. The van der Waals surface area contributed by atoms with E-state index in [9.17, 15) is 9.90 Å². The Hall–Kier alpha value is -1.36. The summed E-state index contributed by atoms with van der Waals surface area (Å²) in [6.07, 6.45) is 5.06. The van der Waals surface area contributed by atoms with Gasteiger partial charge in [-0.05, 0) is 32.8 Å². The van der Waals surface area contributed by atoms with Crippen LogP contribution in [0.25, 0.3) is 0 Å². The maximum Gasteiger partial charge on any atom is 0.242 e. The second-order valence-electron chi connectivity index (χ2n) is 5.63. The van der Waals surface area contributed by atoms with Gasteiger partial charge in [-0.3, -0.25) is 9.48 Å². The smallest absolute Gasteiger partial charge is 0.242 e. The molecule has 1 saturated carbocycles. The van der Waals surface area contributed by atoms with Gasteiger partial charge in [-0.15, -0.1) is 0 Å². The summed E-state index contributed by atoms with van der Waals surface area (Å²) < 4.78 is 1.71. The Balaban J connectivity index is 1.98. The Kier molecular flexibility index (Phi) is 4.24. The number of carbonyl (C=O) groups is 1. The third-order valence-electron chi connectivity index (χ3n) is 3.91. The van der Waals surface area contributed by atoms with Gasteiger partial charge < -0.3 is 10.4 Å². The first-order chi connectivity index (χ1) is 9.04. The molecule has 0 unspecified atom stereocenters. The average molecular weight is 265 g/mol. The molecule has 0 radical (unpaired) electrons. The number of aryl methyl sites for hydroxylation is 2. The molecule has 106 valence electrons. The van der Waals surface area contributed by atoms with Crippen LogP contribution in [0.5, 0.6) is 0 Å². The van der Waals surface area contributed by atoms with Crippen LogP contribution < -0.4 is 5.32 Å². The van der Waals surface area contributed by atoms with Crippen molar-refractivity contribution in [3.05, 3.63) is 17.5 Å². The summed E-state index contributed by atoms with van der Waals surface area (Å²) in [6, 6.07) is 1.95. The zero-order valence-electron chi connectivity index (χ0n) is 11.8. The van der Waals surface area contributed by atoms with Crippen LogP contribution in [0.15, 0.2) is 6.07 Å². The molecule has 0 saturated heterocycles. The second kappa shape index (κ2) is 5.74. The summed E-state index contributed by atoms with van der Waals surface area (Å²) in [4.78, 5) is 12.1. The van der Waals surface area contributed by atoms with Crippen LogP contribution in [-0.4, -0.2) is 32.9 Å². The monoisotopic (exact) mass is 265 g/mol. The number of carbonyl (C=O) groups excluding carboxylic acids is 1. The molecular weight excluding hydrogens is 242 g/mol. The minimum absolute atomic E-state index is 0.0237. The molecule has 2 rings (SSSR count). The lowest BCUT2D eigenvalue weighted by Crippen LogP contribution is -2.53. The van der Waals surface area contributed by atoms with Crippen molar-refractivity contribution in [3.8, 4) is 0 Å². The molecule has 1 aromatic rings. The Labute approximate surface area is 114 Å². The van der Waals surface area contributed by atoms with E-state index >= 15 is 0 Å². The Morgan fingerprint density at radius 3 is 2.63 bits per heavy atom. The van der Waals surface area contributed by atoms with E-state index in [0.717, 1.165) is 37.1 Å². The highest BCUT2D eigenvalue weighted by Gasteiger charge is 2.32. The molecule has 1 fully saturated rings. The maximum atomic E-state index is 12.1. The normalized spacial score (nSPS) is 18.3. The first-order valence-corrected chi connectivity index (χ1v) is 6.98. The molecule has 2 N–H and O–H groups in total. The van der Waals surface area contributed by atoms with Crippen molar-refractivity contribution in [1.29, 1.82) is 0 Å². The van der Waals surface area contributed by atoms with Crippen LogP contribution in [-0.2, 0) is 11.3 Å². The van der Waals surface area contributed by atoms with Gasteiger partial charge in [0.1, 0.15) is 6.54 Å². The highest BCUT2D eigenvalue weighted by molar-refractivity contribution is 5.76. The van der Waals surface area contributed by atoms with Crippen LogP contribution in [0.2, 0.25) is 0 Å². The molecule has 5 nitrogen and oxygen atoms in total. The summed E-state index contributed by atoms with van der Waals surface area (Å²) in [5.74, 6) is -0.0675. The highest BCUT2D eigenvalue weighted by Crippen LogP contribution is 2.27. The van der Waals surface area contributed by atoms with Crippen molar-refractivity contribution >= 4 is 5.91 Å². The van der Waals surface area contributed by atoms with Crippen LogP contribution in [0, 0.1) is 13.8 Å². The third kappa shape index (κ3) is 3.35. The van der Waals surface area contributed by atoms with Crippen molar-refractivity contribution in [1.82, 2.24) is 15.1 Å². The zero-order chi connectivity index (χ0) is 13.9. The van der Waals surface area contributed by atoms with E-state index < -0.39 is 5.54 Å². The van der Waals surface area contributed by atoms with Crippen molar-refractivity contribution in [3.63, 3.8) is 0 Å². The fourth-order valence-corrected chi connectivity index (χ4v) is 2.86. The largest absolute Gasteiger partial charge is 0.394 e. The fraction of sp³-hybridized carbons (Fsp3) is 0.714. The number of nitrogens with one attached hydrogen (secondary N) is 1. The molecule has 1 aromatic heterocycles. The number of amides is 1. The molecule has 19 heavy (non-hydrogen) atoms. The van der Waals surface area contributed by atoms with E-state index in [2.05, 4.69) is 10.4 Å². The van der Waals surface area contributed by atoms with E-state index in [1.807, 2.05) is 19.9 Å². The van der Waals surface area contributed by atoms with Gasteiger partial charge in [-0.2, -0.15) is 5.10 Å². The predicted octanol–water partition coefficient (Wildman–Crippen LogP) is 1.31. The van der Waals surface area contributed by atoms with Gasteiger partial charge >= 0.3 is 0 Å². The van der Waals surface area contributed by atoms with Gasteiger partial charge in [-0.25, -0.2) is 0 Å². The van der Waals surface area contributed by atoms with Gasteiger partial charge in [0.25, 0.3) is 0 Å². The lowest BCUT2D eigenvalue weighted by atomic mass is 9.82. The average Bonchev–Trinajstić information content (AvgIpc) is 2.68. The molecule has 0 aliphatic heterocycles. The number of aromatic nitrogens is 2. The summed E-state index contributed by atoms with van der Waals surface area (Å²) in [7, 11) is 0. The van der Waals surface area contributed by atoms with Gasteiger partial charge in [0.15, 0.2) is 0 Å². The maximum absolute atomic E-state index is 12.1. The van der Waals surface area contributed by atoms with Gasteiger partial charge in [0.2, 0.25) is 5.91 Å². The summed E-state index contributed by atoms with van der Waals surface area (Å²) in [5, 5.41) is 16.9. The van der Waals surface area contributed by atoms with Crippen molar-refractivity contribution in [2.45, 2.75) is 58.0 Å². The Morgan fingerprint density at radius 1 is 1.42 bits per heavy atom. The van der Waals surface area contributed by atoms with E-state index in [1.165, 1.54) is 6.42 Å². The molecule has 0 bridgehead atoms. The van der Waals surface area contributed by atoms with Crippen molar-refractivity contribution < 1.29 is 9.90 Å². The Bertz CT molecular complexity index is 448. The highest BCUT2D eigenvalue weighted by atomic mass is 16.3. The van der Waals surface area contributed by atoms with Gasteiger partial charge in [0.05, 0.1) is 17.8 Å². The summed E-state index contributed by atoms with van der Waals surface area (Å²) >= 11 is 0. The van der Waals surface area contributed by atoms with E-state index in [1.54, 1.807) is 4.68 Å². The summed E-state index contributed by atoms with van der Waals surface area (Å²) in [6.45, 7) is 4.10. The number of hydrogen-bond donors (Lipinski definition) is 2. The molecule has 1 aliphatic carbocycles. The zero-order valence-corrected chi connectivity index (χ0v) is 11.8. The van der Waals surface area contributed by atoms with Gasteiger partial charge in [0, 0.05) is 5.69 Å². The number of hydrogen-bond acceptors (Lipinski definition) is 3. The standard InChI is InChI=1S/C14H23N3O2/c1-11-8-12(2)17(16-11)9-13(19)15-14(10-18)6-4-3-5-7-14/h8,18H,3-7,9-10H2,1-2H3,(H,15,19). The molecule has 0 spiro atoms. The molecule has 1 amide bonds. The van der Waals surface area contributed by atoms with Gasteiger partial charge in [-0.1, -0.05) is 19.3 Å². The van der Waals surface area contributed by atoms with Crippen LogP contribution in [0.3, 0.4) is 0 Å². The first kappa shape index (κ1) is 14.1. The quantitative estimate of drug-likeness (QED) is 0.862. The Morgan fingerprint density at radius 2 is 2.11 bits per heavy atom. The molecule has 5 heteroatoms. The summed E-state index contributed by atoms with van der Waals surface area (Å²) in [5.41, 5.74) is 1.49. The van der Waals surface area contributed by atoms with Crippen LogP contribution >= 0.6 is 0 Å².